The van der Waals surface area contributed by atoms with Crippen LogP contribution in [0.3, 0.4) is 0 Å². The van der Waals surface area contributed by atoms with Gasteiger partial charge in [0.2, 0.25) is 0 Å². The van der Waals surface area contributed by atoms with Gasteiger partial charge in [0.15, 0.2) is 5.82 Å². The number of aromatic nitrogens is 2. The quantitative estimate of drug-likeness (QED) is 0.775. The van der Waals surface area contributed by atoms with E-state index in [0.717, 1.165) is 11.1 Å². The molecule has 0 fully saturated rings. The highest BCUT2D eigenvalue weighted by molar-refractivity contribution is 5.59. The molecular weight excluding hydrogens is 176 g/mol. The molecule has 1 aromatic carbocycles. The largest absolute Gasteiger partial charge is 0.392 e. The van der Waals surface area contributed by atoms with E-state index in [1.807, 2.05) is 24.3 Å². The minimum atomic E-state index is 0.00836. The van der Waals surface area contributed by atoms with Gasteiger partial charge in [-0.15, -0.1) is 0 Å². The van der Waals surface area contributed by atoms with E-state index in [0.29, 0.717) is 5.82 Å². The molecule has 1 heterocycles. The minimum Gasteiger partial charge on any atom is -0.392 e. The number of benzene rings is 1. The van der Waals surface area contributed by atoms with E-state index >= 15 is 0 Å². The van der Waals surface area contributed by atoms with Crippen molar-refractivity contribution in [1.29, 1.82) is 0 Å². The molecule has 3 heteroatoms. The lowest BCUT2D eigenvalue weighted by atomic mass is 10.1. The molecule has 2 aromatic rings. The molecule has 0 bridgehead atoms. The van der Waals surface area contributed by atoms with Crippen molar-refractivity contribution in [3.63, 3.8) is 0 Å². The van der Waals surface area contributed by atoms with Crippen LogP contribution in [0.1, 0.15) is 5.56 Å². The third-order valence-corrected chi connectivity index (χ3v) is 1.99. The van der Waals surface area contributed by atoms with Crippen LogP contribution in [0.25, 0.3) is 11.4 Å². The fraction of sp³-hybridized carbons (Fsp3) is 0.0909. The molecule has 14 heavy (non-hydrogen) atoms. The fourth-order valence-electron chi connectivity index (χ4n) is 1.31. The molecule has 1 aromatic heterocycles. The van der Waals surface area contributed by atoms with Crippen LogP contribution in [0, 0.1) is 0 Å². The Kier molecular flexibility index (Phi) is 2.51. The first-order valence-corrected chi connectivity index (χ1v) is 4.38. The lowest BCUT2D eigenvalue weighted by Gasteiger charge is -2.04. The summed E-state index contributed by atoms with van der Waals surface area (Å²) in [6.45, 7) is 0.00836. The van der Waals surface area contributed by atoms with E-state index < -0.39 is 0 Å². The van der Waals surface area contributed by atoms with Crippen LogP contribution in [0.15, 0.2) is 42.7 Å². The topological polar surface area (TPSA) is 46.0 Å². The molecule has 0 aliphatic heterocycles. The van der Waals surface area contributed by atoms with Gasteiger partial charge in [-0.2, -0.15) is 0 Å². The van der Waals surface area contributed by atoms with E-state index in [2.05, 4.69) is 9.97 Å². The Bertz CT molecular complexity index is 415. The number of aliphatic hydroxyl groups excluding tert-OH is 1. The van der Waals surface area contributed by atoms with Crippen molar-refractivity contribution in [2.45, 2.75) is 6.61 Å². The first kappa shape index (κ1) is 8.84. The molecule has 1 N–H and O–H groups in total. The van der Waals surface area contributed by atoms with Gasteiger partial charge in [0, 0.05) is 18.0 Å². The molecule has 0 aliphatic carbocycles. The molecule has 0 atom stereocenters. The molecule has 3 nitrogen and oxygen atoms in total. The zero-order valence-electron chi connectivity index (χ0n) is 7.59. The monoisotopic (exact) mass is 186 g/mol. The van der Waals surface area contributed by atoms with E-state index in [4.69, 9.17) is 5.11 Å². The fourth-order valence-corrected chi connectivity index (χ4v) is 1.31. The normalized spacial score (nSPS) is 10.1. The summed E-state index contributed by atoms with van der Waals surface area (Å²) in [7, 11) is 0. The molecule has 70 valence electrons. The average molecular weight is 186 g/mol. The van der Waals surface area contributed by atoms with Crippen molar-refractivity contribution < 1.29 is 5.11 Å². The second-order valence-electron chi connectivity index (χ2n) is 2.89. The minimum absolute atomic E-state index is 0.00836. The standard InChI is InChI=1S/C11H10N2O/c14-8-9-4-1-2-5-10(9)11-12-6-3-7-13-11/h1-7,14H,8H2. The van der Waals surface area contributed by atoms with Crippen molar-refractivity contribution in [3.05, 3.63) is 48.3 Å². The van der Waals surface area contributed by atoms with Crippen LogP contribution in [-0.4, -0.2) is 15.1 Å². The molecule has 0 spiro atoms. The summed E-state index contributed by atoms with van der Waals surface area (Å²) >= 11 is 0. The Labute approximate surface area is 82.1 Å². The van der Waals surface area contributed by atoms with Crippen LogP contribution in [0.5, 0.6) is 0 Å². The lowest BCUT2D eigenvalue weighted by Crippen LogP contribution is -1.92. The van der Waals surface area contributed by atoms with Crippen LogP contribution < -0.4 is 0 Å². The van der Waals surface area contributed by atoms with E-state index in [-0.39, 0.29) is 6.61 Å². The first-order chi connectivity index (χ1) is 6.92. The van der Waals surface area contributed by atoms with Crippen LogP contribution >= 0.6 is 0 Å². The Morgan fingerprint density at radius 3 is 2.43 bits per heavy atom. The highest BCUT2D eigenvalue weighted by Gasteiger charge is 2.04. The number of hydrogen-bond acceptors (Lipinski definition) is 3. The maximum atomic E-state index is 9.12. The van der Waals surface area contributed by atoms with Crippen molar-refractivity contribution >= 4 is 0 Å². The van der Waals surface area contributed by atoms with Crippen molar-refractivity contribution in [2.24, 2.45) is 0 Å². The predicted molar refractivity (Wildman–Crippen MR) is 53.4 cm³/mol. The number of aliphatic hydroxyl groups is 1. The van der Waals surface area contributed by atoms with Gasteiger partial charge < -0.3 is 5.11 Å². The Morgan fingerprint density at radius 2 is 1.71 bits per heavy atom. The van der Waals surface area contributed by atoms with Crippen LogP contribution in [0.4, 0.5) is 0 Å². The second-order valence-corrected chi connectivity index (χ2v) is 2.89. The maximum Gasteiger partial charge on any atom is 0.159 e. The van der Waals surface area contributed by atoms with E-state index in [1.165, 1.54) is 0 Å². The predicted octanol–water partition coefficient (Wildman–Crippen LogP) is 1.64. The van der Waals surface area contributed by atoms with Crippen molar-refractivity contribution in [1.82, 2.24) is 9.97 Å². The summed E-state index contributed by atoms with van der Waals surface area (Å²) < 4.78 is 0. The zero-order valence-corrected chi connectivity index (χ0v) is 7.59. The summed E-state index contributed by atoms with van der Waals surface area (Å²) in [5.41, 5.74) is 1.73. The van der Waals surface area contributed by atoms with Gasteiger partial charge in [0.25, 0.3) is 0 Å². The number of nitrogens with zero attached hydrogens (tertiary/aromatic N) is 2. The zero-order chi connectivity index (χ0) is 9.80. The van der Waals surface area contributed by atoms with Crippen LogP contribution in [0.2, 0.25) is 0 Å². The molecule has 0 saturated carbocycles. The van der Waals surface area contributed by atoms with Gasteiger partial charge in [-0.25, -0.2) is 9.97 Å². The van der Waals surface area contributed by atoms with Gasteiger partial charge in [0.1, 0.15) is 0 Å². The number of rotatable bonds is 2. The van der Waals surface area contributed by atoms with Crippen LogP contribution in [-0.2, 0) is 6.61 Å². The summed E-state index contributed by atoms with van der Waals surface area (Å²) in [4.78, 5) is 8.27. The highest BCUT2D eigenvalue weighted by Crippen LogP contribution is 2.18. The van der Waals surface area contributed by atoms with Gasteiger partial charge in [-0.1, -0.05) is 24.3 Å². The molecule has 0 unspecified atom stereocenters. The molecule has 0 amide bonds. The van der Waals surface area contributed by atoms with Gasteiger partial charge in [0.05, 0.1) is 6.61 Å². The Balaban J connectivity index is 2.51. The second kappa shape index (κ2) is 3.98. The Morgan fingerprint density at radius 1 is 1.00 bits per heavy atom. The van der Waals surface area contributed by atoms with Gasteiger partial charge >= 0.3 is 0 Å². The van der Waals surface area contributed by atoms with E-state index in [9.17, 15) is 0 Å². The highest BCUT2D eigenvalue weighted by atomic mass is 16.3. The van der Waals surface area contributed by atoms with E-state index in [1.54, 1.807) is 18.5 Å². The average Bonchev–Trinajstić information content (AvgIpc) is 2.30. The Hall–Kier alpha value is -1.74. The van der Waals surface area contributed by atoms with Gasteiger partial charge in [-0.3, -0.25) is 0 Å². The summed E-state index contributed by atoms with van der Waals surface area (Å²) in [6.07, 6.45) is 3.38. The molecule has 2 rings (SSSR count). The first-order valence-electron chi connectivity index (χ1n) is 4.38. The molecule has 0 aliphatic rings. The maximum absolute atomic E-state index is 9.12. The molecular formula is C11H10N2O. The SMILES string of the molecule is OCc1ccccc1-c1ncccn1. The van der Waals surface area contributed by atoms with Gasteiger partial charge in [-0.05, 0) is 11.6 Å². The number of hydrogen-bond donors (Lipinski definition) is 1. The third-order valence-electron chi connectivity index (χ3n) is 1.99. The smallest absolute Gasteiger partial charge is 0.159 e. The lowest BCUT2D eigenvalue weighted by molar-refractivity contribution is 0.282. The van der Waals surface area contributed by atoms with Crippen molar-refractivity contribution in [3.8, 4) is 11.4 Å². The summed E-state index contributed by atoms with van der Waals surface area (Å²) in [6, 6.07) is 9.33. The van der Waals surface area contributed by atoms with Crippen molar-refractivity contribution in [2.75, 3.05) is 0 Å². The molecule has 0 saturated heterocycles. The molecule has 0 radical (unpaired) electrons. The summed E-state index contributed by atoms with van der Waals surface area (Å²) in [5, 5.41) is 9.12. The summed E-state index contributed by atoms with van der Waals surface area (Å²) in [5.74, 6) is 0.650. The third kappa shape index (κ3) is 1.63.